The molecule has 0 aromatic carbocycles. The summed E-state index contributed by atoms with van der Waals surface area (Å²) in [7, 11) is -9.81. The third-order valence-corrected chi connectivity index (χ3v) is 17.4. The number of allylic oxidation sites excluding steroid dienone is 24. The quantitative estimate of drug-likeness (QED) is 0.0146. The average Bonchev–Trinajstić information content (AvgIpc) is 1.55. The third-order valence-electron chi connectivity index (χ3n) is 15.5. The number of carbonyl (C=O) groups is 3. The summed E-state index contributed by atoms with van der Waals surface area (Å²) in [5.41, 5.74) is 0. The highest BCUT2D eigenvalue weighted by molar-refractivity contribution is 7.47. The Bertz CT molecular complexity index is 2380. The van der Waals surface area contributed by atoms with Crippen LogP contribution < -0.4 is 0 Å². The molecule has 0 radical (unpaired) electrons. The van der Waals surface area contributed by atoms with Crippen molar-refractivity contribution < 1.29 is 75.8 Å². The van der Waals surface area contributed by atoms with Crippen LogP contribution in [0.3, 0.4) is 0 Å². The van der Waals surface area contributed by atoms with Gasteiger partial charge < -0.3 is 34.2 Å². The molecule has 0 aliphatic rings. The van der Waals surface area contributed by atoms with E-state index in [9.17, 15) is 43.5 Å². The van der Waals surface area contributed by atoms with Crippen molar-refractivity contribution in [1.82, 2.24) is 0 Å². The molecule has 0 heterocycles. The molecule has 0 rings (SSSR count). The average molecular weight is 1430 g/mol. The molecule has 18 heteroatoms. The van der Waals surface area contributed by atoms with E-state index in [-0.39, 0.29) is 19.3 Å². The predicted molar refractivity (Wildman–Crippen MR) is 408 cm³/mol. The Hall–Kier alpha value is -4.57. The van der Waals surface area contributed by atoms with Gasteiger partial charge in [-0.2, -0.15) is 0 Å². The molecule has 0 fully saturated rings. The van der Waals surface area contributed by atoms with Gasteiger partial charge in [0.1, 0.15) is 25.4 Å². The lowest BCUT2D eigenvalue weighted by atomic mass is 10.0. The normalized spacial score (nSPS) is 14.9. The number of ether oxygens (including phenoxy) is 3. The Labute approximate surface area is 600 Å². The van der Waals surface area contributed by atoms with Gasteiger partial charge in [-0.25, -0.2) is 9.13 Å². The number of phosphoric acid groups is 2. The summed E-state index contributed by atoms with van der Waals surface area (Å²) in [6, 6.07) is 0. The zero-order chi connectivity index (χ0) is 72.3. The van der Waals surface area contributed by atoms with Crippen LogP contribution >= 0.6 is 15.6 Å². The summed E-state index contributed by atoms with van der Waals surface area (Å²) in [5.74, 6) is -1.62. The summed E-state index contributed by atoms with van der Waals surface area (Å²) in [4.78, 5) is 58.6. The first-order chi connectivity index (χ1) is 48.2. The van der Waals surface area contributed by atoms with Crippen LogP contribution in [0.25, 0.3) is 0 Å². The zero-order valence-corrected chi connectivity index (χ0v) is 63.4. The minimum Gasteiger partial charge on any atom is -0.463 e. The molecule has 5 unspecified atom stereocenters. The molecule has 566 valence electrons. The number of hydrogen-bond donors (Lipinski definition) is 4. The topological polar surface area (TPSA) is 231 Å². The van der Waals surface area contributed by atoms with E-state index in [1.54, 1.807) is 0 Å². The minimum absolute atomic E-state index is 0.0758. The predicted octanol–water partition coefficient (Wildman–Crippen LogP) is 22.1. The second-order valence-electron chi connectivity index (χ2n) is 25.0. The monoisotopic (exact) mass is 1430 g/mol. The molecule has 0 aromatic rings. The van der Waals surface area contributed by atoms with E-state index in [1.807, 2.05) is 0 Å². The number of hydrogen-bond acceptors (Lipinski definition) is 14. The van der Waals surface area contributed by atoms with Gasteiger partial charge in [0.2, 0.25) is 0 Å². The molecule has 0 aromatic heterocycles. The number of unbranched alkanes of at least 4 members (excludes halogenated alkanes) is 24. The molecule has 0 saturated carbocycles. The molecular weight excluding hydrogens is 1290 g/mol. The summed E-state index contributed by atoms with van der Waals surface area (Å²) >= 11 is 0. The Morgan fingerprint density at radius 1 is 0.293 bits per heavy atom. The van der Waals surface area contributed by atoms with Gasteiger partial charge in [-0.05, 0) is 141 Å². The van der Waals surface area contributed by atoms with Crippen molar-refractivity contribution in [3.8, 4) is 0 Å². The van der Waals surface area contributed by atoms with Crippen LogP contribution in [-0.4, -0.2) is 95.9 Å². The van der Waals surface area contributed by atoms with Crippen LogP contribution in [0, 0.1) is 0 Å². The fraction of sp³-hybridized carbons (Fsp3) is 0.667. The van der Waals surface area contributed by atoms with Crippen LogP contribution in [0.5, 0.6) is 0 Å². The van der Waals surface area contributed by atoms with Crippen LogP contribution in [0.15, 0.2) is 146 Å². The first-order valence-corrected chi connectivity index (χ1v) is 41.1. The van der Waals surface area contributed by atoms with Gasteiger partial charge in [-0.1, -0.05) is 276 Å². The lowest BCUT2D eigenvalue weighted by molar-refractivity contribution is -0.161. The van der Waals surface area contributed by atoms with E-state index in [2.05, 4.69) is 167 Å². The second kappa shape index (κ2) is 73.2. The molecule has 16 nitrogen and oxygen atoms in total. The number of phosphoric ester groups is 2. The molecule has 5 atom stereocenters. The molecule has 0 bridgehead atoms. The van der Waals surface area contributed by atoms with Crippen LogP contribution in [0.2, 0.25) is 0 Å². The Morgan fingerprint density at radius 2 is 0.535 bits per heavy atom. The van der Waals surface area contributed by atoms with E-state index in [0.29, 0.717) is 19.3 Å². The molecule has 0 spiro atoms. The van der Waals surface area contributed by atoms with Crippen molar-refractivity contribution >= 4 is 33.6 Å². The van der Waals surface area contributed by atoms with E-state index >= 15 is 0 Å². The van der Waals surface area contributed by atoms with Gasteiger partial charge in [-0.3, -0.25) is 32.5 Å². The number of carbonyl (C=O) groups excluding carboxylic acids is 3. The molecule has 0 amide bonds. The van der Waals surface area contributed by atoms with Crippen molar-refractivity contribution in [1.29, 1.82) is 0 Å². The minimum atomic E-state index is -4.94. The van der Waals surface area contributed by atoms with Crippen LogP contribution in [0.4, 0.5) is 0 Å². The Morgan fingerprint density at radius 3 is 0.848 bits per heavy atom. The Balaban J connectivity index is 4.60. The standard InChI is InChI=1S/C81H136O16P2/c1-4-7-10-13-16-19-22-25-28-30-32-34-35-36-37-38-39-41-43-44-47-49-52-55-58-61-64-67-79(84)91-70-76(82)71-93-98(87,88)94-72-77(83)73-95-99(89,90)96-75-78(97-81(86)69-66-63-60-57-54-51-46-27-24-21-18-15-12-9-6-3)74-92-80(85)68-65-62-59-56-53-50-48-45-42-40-33-31-29-26-23-20-17-14-11-8-5-2/h8-9,11-12,16-21,25-29,32-34,36-37,40,45-46,48,76-78,82-83H,4-7,10,13-15,22-24,30-31,35,38-39,41-44,47,49-75H2,1-3H3,(H,87,88)(H,89,90)/b11-8-,12-9-,19-16-,20-17-,21-18-,28-25-,29-26-,34-32-,37-36-,40-33-,46-27-,48-45-. The van der Waals surface area contributed by atoms with Crippen LogP contribution in [-0.2, 0) is 55.8 Å². The lowest BCUT2D eigenvalue weighted by Crippen LogP contribution is -2.30. The fourth-order valence-corrected chi connectivity index (χ4v) is 11.4. The summed E-state index contributed by atoms with van der Waals surface area (Å²) in [5, 5.41) is 20.6. The van der Waals surface area contributed by atoms with E-state index in [0.717, 1.165) is 161 Å². The van der Waals surface area contributed by atoms with Gasteiger partial charge in [0.25, 0.3) is 0 Å². The summed E-state index contributed by atoms with van der Waals surface area (Å²) in [6.07, 6.45) is 88.9. The van der Waals surface area contributed by atoms with E-state index in [4.69, 9.17) is 32.3 Å². The lowest BCUT2D eigenvalue weighted by Gasteiger charge is -2.21. The maximum atomic E-state index is 12.9. The third kappa shape index (κ3) is 74.4. The van der Waals surface area contributed by atoms with Gasteiger partial charge in [0.15, 0.2) is 6.10 Å². The first kappa shape index (κ1) is 94.4. The van der Waals surface area contributed by atoms with Gasteiger partial charge >= 0.3 is 33.6 Å². The number of rotatable bonds is 71. The van der Waals surface area contributed by atoms with Gasteiger partial charge in [0, 0.05) is 19.3 Å². The van der Waals surface area contributed by atoms with E-state index < -0.39 is 91.5 Å². The highest BCUT2D eigenvalue weighted by Gasteiger charge is 2.29. The molecular formula is C81H136O16P2. The molecule has 0 aliphatic heterocycles. The van der Waals surface area contributed by atoms with Crippen molar-refractivity contribution in [2.45, 2.75) is 309 Å². The van der Waals surface area contributed by atoms with Gasteiger partial charge in [0.05, 0.1) is 26.4 Å². The maximum absolute atomic E-state index is 12.9. The highest BCUT2D eigenvalue weighted by Crippen LogP contribution is 2.45. The number of aliphatic hydroxyl groups is 2. The summed E-state index contributed by atoms with van der Waals surface area (Å²) in [6.45, 7) is 2.37. The summed E-state index contributed by atoms with van der Waals surface area (Å²) < 4.78 is 61.1. The van der Waals surface area contributed by atoms with Crippen molar-refractivity contribution in [3.63, 3.8) is 0 Å². The molecule has 99 heavy (non-hydrogen) atoms. The maximum Gasteiger partial charge on any atom is 0.472 e. The molecule has 0 aliphatic carbocycles. The van der Waals surface area contributed by atoms with Crippen LogP contribution in [0.1, 0.15) is 290 Å². The van der Waals surface area contributed by atoms with Crippen molar-refractivity contribution in [3.05, 3.63) is 146 Å². The number of aliphatic hydroxyl groups excluding tert-OH is 2. The smallest absolute Gasteiger partial charge is 0.463 e. The molecule has 4 N–H and O–H groups in total. The van der Waals surface area contributed by atoms with Crippen molar-refractivity contribution in [2.75, 3.05) is 39.6 Å². The number of esters is 3. The zero-order valence-electron chi connectivity index (χ0n) is 61.6. The Kier molecular flexibility index (Phi) is 69.8. The van der Waals surface area contributed by atoms with E-state index in [1.165, 1.54) is 70.6 Å². The first-order valence-electron chi connectivity index (χ1n) is 38.1. The van der Waals surface area contributed by atoms with Gasteiger partial charge in [-0.15, -0.1) is 0 Å². The fourth-order valence-electron chi connectivity index (χ4n) is 9.77. The largest absolute Gasteiger partial charge is 0.472 e. The SMILES string of the molecule is CC/C=C\C/C=C\C/C=C\C/C=C\C/C=C\CCCCCCCC(=O)OCC(COP(=O)(O)OCC(O)COP(=O)(O)OCC(O)COC(=O)CCCCCCCCCCCCC/C=C\C/C=C\C/C=C\C/C=C\CCCCC)OC(=O)CCCCCCC/C=C\C/C=C\C/C=C\CC. The van der Waals surface area contributed by atoms with Crippen molar-refractivity contribution in [2.24, 2.45) is 0 Å². The molecule has 0 saturated heterocycles. The second-order valence-corrected chi connectivity index (χ2v) is 27.9. The highest BCUT2D eigenvalue weighted by atomic mass is 31.2.